The Kier molecular flexibility index (Phi) is 10.4. The third kappa shape index (κ3) is 7.43. The Morgan fingerprint density at radius 2 is 1.54 bits per heavy atom. The van der Waals surface area contributed by atoms with Crippen molar-refractivity contribution < 1.29 is 42.1 Å². The van der Waals surface area contributed by atoms with E-state index in [1.807, 2.05) is 17.0 Å². The van der Waals surface area contributed by atoms with E-state index in [9.17, 15) is 23.9 Å². The number of benzene rings is 4. The Balaban J connectivity index is 0.815. The number of carbonyl (C=O) groups excluding carboxylic acids is 3. The molecule has 4 aromatic rings. The van der Waals surface area contributed by atoms with Gasteiger partial charge in [0.25, 0.3) is 5.91 Å². The zero-order chi connectivity index (χ0) is 40.9. The summed E-state index contributed by atoms with van der Waals surface area (Å²) in [6, 6.07) is 17.4. The van der Waals surface area contributed by atoms with Crippen molar-refractivity contribution in [3.63, 3.8) is 0 Å². The normalized spacial score (nSPS) is 22.5. The fourth-order valence-electron chi connectivity index (χ4n) is 9.69. The van der Waals surface area contributed by atoms with Crippen LogP contribution in [0.15, 0.2) is 66.7 Å². The van der Waals surface area contributed by atoms with Crippen LogP contribution in [-0.4, -0.2) is 98.2 Å². The number of nitrogens with one attached hydrogen (secondary N) is 1. The summed E-state index contributed by atoms with van der Waals surface area (Å²) in [5.74, 6) is -1.90. The van der Waals surface area contributed by atoms with Crippen molar-refractivity contribution in [2.24, 2.45) is 5.92 Å². The molecule has 3 fully saturated rings. The lowest BCUT2D eigenvalue weighted by atomic mass is 9.75. The highest BCUT2D eigenvalue weighted by molar-refractivity contribution is 6.05. The smallest absolute Gasteiger partial charge is 0.255 e. The second-order valence-electron chi connectivity index (χ2n) is 16.3. The Hall–Kier alpha value is -5.76. The molecule has 14 heteroatoms. The van der Waals surface area contributed by atoms with Gasteiger partial charge in [0.2, 0.25) is 11.8 Å². The van der Waals surface area contributed by atoms with Crippen LogP contribution in [0, 0.1) is 23.4 Å². The number of methoxy groups -OCH3 is 1. The molecule has 2 N–H and O–H groups in total. The van der Waals surface area contributed by atoms with Crippen molar-refractivity contribution in [1.29, 1.82) is 0 Å². The van der Waals surface area contributed by atoms with Crippen LogP contribution in [0.4, 0.5) is 24.5 Å². The summed E-state index contributed by atoms with van der Waals surface area (Å²) in [4.78, 5) is 45.2. The third-order valence-corrected chi connectivity index (χ3v) is 12.9. The summed E-state index contributed by atoms with van der Waals surface area (Å²) < 4.78 is 57.3. The largest absolute Gasteiger partial charge is 0.508 e. The Morgan fingerprint density at radius 1 is 0.797 bits per heavy atom. The average Bonchev–Trinajstić information content (AvgIpc) is 3.54. The third-order valence-electron chi connectivity index (χ3n) is 12.9. The van der Waals surface area contributed by atoms with Gasteiger partial charge in [-0.25, -0.2) is 13.2 Å². The summed E-state index contributed by atoms with van der Waals surface area (Å²) >= 11 is 0. The number of aromatic hydroxyl groups is 1. The molecular formula is C45H46F3N5O6. The predicted molar refractivity (Wildman–Crippen MR) is 214 cm³/mol. The number of amides is 3. The quantitative estimate of drug-likeness (QED) is 0.209. The van der Waals surface area contributed by atoms with Gasteiger partial charge >= 0.3 is 0 Å². The number of carbonyl (C=O) groups is 3. The molecule has 3 amide bonds. The molecule has 3 atom stereocenters. The first kappa shape index (κ1) is 38.7. The minimum atomic E-state index is -0.749. The van der Waals surface area contributed by atoms with E-state index in [0.717, 1.165) is 49.2 Å². The van der Waals surface area contributed by atoms with Gasteiger partial charge in [-0.2, -0.15) is 0 Å². The number of rotatable bonds is 8. The van der Waals surface area contributed by atoms with Crippen LogP contribution in [-0.2, 0) is 16.1 Å². The zero-order valence-corrected chi connectivity index (χ0v) is 32.8. The number of ether oxygens (including phenoxy) is 2. The van der Waals surface area contributed by atoms with Crippen molar-refractivity contribution in [2.75, 3.05) is 69.3 Å². The number of imide groups is 1. The Morgan fingerprint density at radius 3 is 2.29 bits per heavy atom. The molecule has 59 heavy (non-hydrogen) atoms. The molecule has 5 aliphatic rings. The summed E-state index contributed by atoms with van der Waals surface area (Å²) in [5.41, 5.74) is 4.32. The molecule has 3 saturated heterocycles. The SMILES string of the molecule is COc1cc([C@H]2COc3cc(O)ccc3[C@H]2c2ccc(N3CCC(CN4CCN(c5cc6c(cc5F)C(=O)N([C@H]5CCC(=O)NC5=O)C6)CC4)CC3)c(F)c2)ccc1F. The van der Waals surface area contributed by atoms with Crippen LogP contribution in [0.1, 0.15) is 70.1 Å². The second-order valence-corrected chi connectivity index (χ2v) is 16.3. The number of hydrogen-bond donors (Lipinski definition) is 2. The number of hydrogen-bond acceptors (Lipinski definition) is 9. The summed E-state index contributed by atoms with van der Waals surface area (Å²) in [6.07, 6.45) is 2.23. The molecule has 9 rings (SSSR count). The standard InChI is InChI=1S/C45H46F3N5O6/c1-58-41-20-27(2-6-34(41)46)33-25-59-40-21-30(54)4-5-31(40)43(33)28-3-7-37(35(47)18-28)51-12-10-26(11-13-51)23-50-14-16-52(17-15-50)39-19-29-24-53(45(57)32(29)22-36(39)48)38-8-9-42(55)49-44(38)56/h2-7,18-22,26,33,38,43,54H,8-17,23-25H2,1H3,(H,49,55,56)/t33-,38+,43-/m1/s1. The molecule has 0 aromatic heterocycles. The van der Waals surface area contributed by atoms with Gasteiger partial charge in [0.05, 0.1) is 25.1 Å². The fourth-order valence-corrected chi connectivity index (χ4v) is 9.69. The van der Waals surface area contributed by atoms with Crippen LogP contribution < -0.4 is 24.6 Å². The highest BCUT2D eigenvalue weighted by atomic mass is 19.1. The summed E-state index contributed by atoms with van der Waals surface area (Å²) in [5, 5.41) is 12.5. The molecule has 0 unspecified atom stereocenters. The Labute approximate surface area is 340 Å². The molecule has 0 radical (unpaired) electrons. The predicted octanol–water partition coefficient (Wildman–Crippen LogP) is 5.93. The molecule has 0 spiro atoms. The van der Waals surface area contributed by atoms with Gasteiger partial charge < -0.3 is 29.3 Å². The van der Waals surface area contributed by atoms with E-state index in [1.54, 1.807) is 42.5 Å². The molecule has 11 nitrogen and oxygen atoms in total. The lowest BCUT2D eigenvalue weighted by Gasteiger charge is -2.40. The monoisotopic (exact) mass is 809 g/mol. The van der Waals surface area contributed by atoms with E-state index in [2.05, 4.69) is 15.1 Å². The van der Waals surface area contributed by atoms with Crippen LogP contribution in [0.2, 0.25) is 0 Å². The van der Waals surface area contributed by atoms with Gasteiger partial charge in [0, 0.05) is 87.8 Å². The first-order valence-electron chi connectivity index (χ1n) is 20.3. The number of fused-ring (bicyclic) bond motifs is 2. The van der Waals surface area contributed by atoms with Crippen molar-refractivity contribution in [3.8, 4) is 17.2 Å². The zero-order valence-electron chi connectivity index (χ0n) is 32.8. The van der Waals surface area contributed by atoms with Gasteiger partial charge in [-0.15, -0.1) is 0 Å². The van der Waals surface area contributed by atoms with Crippen LogP contribution in [0.3, 0.4) is 0 Å². The highest BCUT2D eigenvalue weighted by Crippen LogP contribution is 2.48. The summed E-state index contributed by atoms with van der Waals surface area (Å²) in [7, 11) is 1.42. The molecule has 5 aliphatic heterocycles. The maximum absolute atomic E-state index is 16.2. The molecule has 5 heterocycles. The van der Waals surface area contributed by atoms with E-state index in [1.165, 1.54) is 24.1 Å². The maximum Gasteiger partial charge on any atom is 0.255 e. The van der Waals surface area contributed by atoms with Crippen molar-refractivity contribution >= 4 is 29.1 Å². The maximum atomic E-state index is 16.2. The lowest BCUT2D eigenvalue weighted by molar-refractivity contribution is -0.136. The molecule has 308 valence electrons. The molecule has 0 aliphatic carbocycles. The van der Waals surface area contributed by atoms with E-state index >= 15 is 8.78 Å². The average molecular weight is 810 g/mol. The topological polar surface area (TPSA) is 115 Å². The lowest BCUT2D eigenvalue weighted by Crippen LogP contribution is -2.52. The number of phenols is 1. The summed E-state index contributed by atoms with van der Waals surface area (Å²) in [6.45, 7) is 5.56. The minimum absolute atomic E-state index is 0.0735. The van der Waals surface area contributed by atoms with E-state index in [-0.39, 0.29) is 66.6 Å². The number of piperazine rings is 1. The van der Waals surface area contributed by atoms with E-state index in [0.29, 0.717) is 54.8 Å². The first-order valence-corrected chi connectivity index (χ1v) is 20.3. The van der Waals surface area contributed by atoms with Crippen LogP contribution in [0.25, 0.3) is 0 Å². The van der Waals surface area contributed by atoms with Crippen LogP contribution in [0.5, 0.6) is 17.2 Å². The van der Waals surface area contributed by atoms with Crippen molar-refractivity contribution in [1.82, 2.24) is 15.1 Å². The van der Waals surface area contributed by atoms with Gasteiger partial charge in [-0.05, 0) is 84.3 Å². The molecular weight excluding hydrogens is 764 g/mol. The Bertz CT molecular complexity index is 2310. The molecule has 0 saturated carbocycles. The van der Waals surface area contributed by atoms with Crippen molar-refractivity contribution in [2.45, 2.75) is 50.1 Å². The van der Waals surface area contributed by atoms with Crippen LogP contribution >= 0.6 is 0 Å². The number of piperidine rings is 2. The van der Waals surface area contributed by atoms with Crippen molar-refractivity contribution in [3.05, 3.63) is 112 Å². The number of anilines is 2. The highest BCUT2D eigenvalue weighted by Gasteiger charge is 2.40. The van der Waals surface area contributed by atoms with E-state index < -0.39 is 29.5 Å². The van der Waals surface area contributed by atoms with Gasteiger partial charge in [0.15, 0.2) is 11.6 Å². The minimum Gasteiger partial charge on any atom is -0.508 e. The van der Waals surface area contributed by atoms with E-state index in [4.69, 9.17) is 9.47 Å². The number of halogens is 3. The number of nitrogens with zero attached hydrogens (tertiary/aromatic N) is 4. The fraction of sp³-hybridized carbons (Fsp3) is 0.400. The molecule has 0 bridgehead atoms. The van der Waals surface area contributed by atoms with Gasteiger partial charge in [-0.1, -0.05) is 18.2 Å². The van der Waals surface area contributed by atoms with Gasteiger partial charge in [-0.3, -0.25) is 24.6 Å². The number of phenolic OH excluding ortho intramolecular Hbond substituents is 1. The molecule has 4 aromatic carbocycles. The van der Waals surface area contributed by atoms with Gasteiger partial charge in [0.1, 0.15) is 29.2 Å². The first-order chi connectivity index (χ1) is 28.5. The second kappa shape index (κ2) is 15.8.